The summed E-state index contributed by atoms with van der Waals surface area (Å²) in [6, 6.07) is 21.4. The van der Waals surface area contributed by atoms with Crippen molar-refractivity contribution in [2.45, 2.75) is 33.1 Å². The van der Waals surface area contributed by atoms with Gasteiger partial charge in [0, 0.05) is 17.4 Å². The molecule has 0 saturated heterocycles. The normalized spacial score (nSPS) is 11.0. The molecule has 7 heteroatoms. The van der Waals surface area contributed by atoms with Gasteiger partial charge in [0.05, 0.1) is 12.6 Å². The van der Waals surface area contributed by atoms with E-state index >= 15 is 0 Å². The van der Waals surface area contributed by atoms with Gasteiger partial charge < -0.3 is 20.5 Å². The fourth-order valence-corrected chi connectivity index (χ4v) is 2.65. The molecule has 3 N–H and O–H groups in total. The molecular formula is C23H27IN4O2. The van der Waals surface area contributed by atoms with Gasteiger partial charge in [-0.1, -0.05) is 36.4 Å². The molecule has 2 aromatic carbocycles. The fourth-order valence-electron chi connectivity index (χ4n) is 2.65. The van der Waals surface area contributed by atoms with E-state index in [-0.39, 0.29) is 30.1 Å². The molecule has 1 aromatic heterocycles. The minimum Gasteiger partial charge on any atom is -0.491 e. The van der Waals surface area contributed by atoms with E-state index in [0.29, 0.717) is 25.0 Å². The van der Waals surface area contributed by atoms with Gasteiger partial charge in [0.2, 0.25) is 5.88 Å². The third kappa shape index (κ3) is 7.55. The lowest BCUT2D eigenvalue weighted by Crippen LogP contribution is -2.22. The number of benzene rings is 2. The quantitative estimate of drug-likeness (QED) is 0.250. The number of guanidine groups is 1. The van der Waals surface area contributed by atoms with E-state index in [0.717, 1.165) is 22.6 Å². The fraction of sp³-hybridized carbons (Fsp3) is 0.217. The molecule has 0 saturated carbocycles. The topological polar surface area (TPSA) is 81.8 Å². The summed E-state index contributed by atoms with van der Waals surface area (Å²) in [4.78, 5) is 8.73. The van der Waals surface area contributed by atoms with Crippen molar-refractivity contribution in [2.75, 3.05) is 5.32 Å². The number of nitrogens with two attached hydrogens (primary N) is 1. The molecule has 3 rings (SSSR count). The SMILES string of the molecule is CC(C)Oc1ccc(NC(N)=NCc2cccnc2OCc2ccccc2)cc1.I. The molecule has 0 aliphatic carbocycles. The van der Waals surface area contributed by atoms with Crippen LogP contribution in [0.3, 0.4) is 0 Å². The number of hydrogen-bond acceptors (Lipinski definition) is 4. The van der Waals surface area contributed by atoms with Crippen LogP contribution >= 0.6 is 24.0 Å². The lowest BCUT2D eigenvalue weighted by Gasteiger charge is -2.11. The highest BCUT2D eigenvalue weighted by Crippen LogP contribution is 2.18. The molecule has 6 nitrogen and oxygen atoms in total. The van der Waals surface area contributed by atoms with Crippen LogP contribution in [0.2, 0.25) is 0 Å². The van der Waals surface area contributed by atoms with Crippen molar-refractivity contribution < 1.29 is 9.47 Å². The van der Waals surface area contributed by atoms with Gasteiger partial charge in [-0.3, -0.25) is 0 Å². The Bertz CT molecular complexity index is 931. The van der Waals surface area contributed by atoms with Crippen molar-refractivity contribution >= 4 is 35.6 Å². The first-order chi connectivity index (χ1) is 14.1. The first-order valence-corrected chi connectivity index (χ1v) is 9.54. The number of pyridine rings is 1. The minimum atomic E-state index is 0. The van der Waals surface area contributed by atoms with E-state index in [2.05, 4.69) is 15.3 Å². The predicted molar refractivity (Wildman–Crippen MR) is 132 cm³/mol. The molecule has 0 bridgehead atoms. The number of nitrogens with zero attached hydrogens (tertiary/aromatic N) is 2. The van der Waals surface area contributed by atoms with Crippen molar-refractivity contribution in [3.05, 3.63) is 84.1 Å². The van der Waals surface area contributed by atoms with Gasteiger partial charge in [0.25, 0.3) is 0 Å². The van der Waals surface area contributed by atoms with Gasteiger partial charge >= 0.3 is 0 Å². The number of aromatic nitrogens is 1. The summed E-state index contributed by atoms with van der Waals surface area (Å²) < 4.78 is 11.5. The first-order valence-electron chi connectivity index (χ1n) is 9.54. The van der Waals surface area contributed by atoms with E-state index in [1.54, 1.807) is 6.20 Å². The number of halogens is 1. The highest BCUT2D eigenvalue weighted by Gasteiger charge is 2.05. The van der Waals surface area contributed by atoms with Gasteiger partial charge in [-0.2, -0.15) is 0 Å². The van der Waals surface area contributed by atoms with Crippen molar-refractivity contribution in [3.8, 4) is 11.6 Å². The second-order valence-electron chi connectivity index (χ2n) is 6.76. The van der Waals surface area contributed by atoms with E-state index < -0.39 is 0 Å². The second kappa shape index (κ2) is 12.0. The maximum atomic E-state index is 6.03. The number of anilines is 1. The van der Waals surface area contributed by atoms with Crippen LogP contribution in [0.5, 0.6) is 11.6 Å². The zero-order valence-electron chi connectivity index (χ0n) is 17.1. The number of rotatable bonds is 8. The van der Waals surface area contributed by atoms with Crippen LogP contribution in [0, 0.1) is 0 Å². The van der Waals surface area contributed by atoms with Gasteiger partial charge in [-0.15, -0.1) is 24.0 Å². The average molecular weight is 518 g/mol. The maximum Gasteiger partial charge on any atom is 0.218 e. The monoisotopic (exact) mass is 518 g/mol. The van der Waals surface area contributed by atoms with Crippen molar-refractivity contribution in [3.63, 3.8) is 0 Å². The molecule has 0 aliphatic heterocycles. The Kier molecular flexibility index (Phi) is 9.40. The Morgan fingerprint density at radius 1 is 1.03 bits per heavy atom. The van der Waals surface area contributed by atoms with Crippen LogP contribution in [-0.2, 0) is 13.2 Å². The highest BCUT2D eigenvalue weighted by atomic mass is 127. The smallest absolute Gasteiger partial charge is 0.218 e. The minimum absolute atomic E-state index is 0. The summed E-state index contributed by atoms with van der Waals surface area (Å²) in [6.07, 6.45) is 1.84. The number of ether oxygens (including phenoxy) is 2. The zero-order chi connectivity index (χ0) is 20.5. The van der Waals surface area contributed by atoms with Gasteiger partial charge in [-0.05, 0) is 49.7 Å². The lowest BCUT2D eigenvalue weighted by atomic mass is 10.2. The Morgan fingerprint density at radius 3 is 2.47 bits per heavy atom. The van der Waals surface area contributed by atoms with Gasteiger partial charge in [0.1, 0.15) is 12.4 Å². The van der Waals surface area contributed by atoms with E-state index in [9.17, 15) is 0 Å². The third-order valence-corrected chi connectivity index (χ3v) is 3.99. The van der Waals surface area contributed by atoms with E-state index in [1.807, 2.05) is 80.6 Å². The molecule has 1 heterocycles. The first kappa shape index (κ1) is 23.5. The Labute approximate surface area is 194 Å². The van der Waals surface area contributed by atoms with Crippen LogP contribution in [0.4, 0.5) is 5.69 Å². The molecule has 0 fully saturated rings. The van der Waals surface area contributed by atoms with Crippen LogP contribution < -0.4 is 20.5 Å². The maximum absolute atomic E-state index is 6.03. The summed E-state index contributed by atoms with van der Waals surface area (Å²) in [5, 5.41) is 3.08. The number of hydrogen-bond donors (Lipinski definition) is 2. The summed E-state index contributed by atoms with van der Waals surface area (Å²) in [6.45, 7) is 4.80. The number of aliphatic imine (C=N–C) groups is 1. The van der Waals surface area contributed by atoms with Gasteiger partial charge in [-0.25, -0.2) is 9.98 Å². The predicted octanol–water partition coefficient (Wildman–Crippen LogP) is 4.99. The third-order valence-electron chi connectivity index (χ3n) is 3.99. The van der Waals surface area contributed by atoms with Crippen molar-refractivity contribution in [2.24, 2.45) is 10.7 Å². The van der Waals surface area contributed by atoms with Crippen molar-refractivity contribution in [1.82, 2.24) is 4.98 Å². The van der Waals surface area contributed by atoms with Gasteiger partial charge in [0.15, 0.2) is 5.96 Å². The van der Waals surface area contributed by atoms with Crippen LogP contribution in [-0.4, -0.2) is 17.0 Å². The Hall–Kier alpha value is -2.81. The lowest BCUT2D eigenvalue weighted by molar-refractivity contribution is 0.242. The zero-order valence-corrected chi connectivity index (χ0v) is 19.4. The van der Waals surface area contributed by atoms with Crippen molar-refractivity contribution in [1.29, 1.82) is 0 Å². The Morgan fingerprint density at radius 2 is 1.77 bits per heavy atom. The molecule has 0 amide bonds. The molecule has 0 spiro atoms. The van der Waals surface area contributed by atoms with Crippen LogP contribution in [0.15, 0.2) is 77.9 Å². The summed E-state index contributed by atoms with van der Waals surface area (Å²) in [7, 11) is 0. The van der Waals surface area contributed by atoms with Crippen LogP contribution in [0.1, 0.15) is 25.0 Å². The molecule has 30 heavy (non-hydrogen) atoms. The molecule has 3 aromatic rings. The molecule has 0 radical (unpaired) electrons. The van der Waals surface area contributed by atoms with E-state index in [1.165, 1.54) is 0 Å². The number of nitrogens with one attached hydrogen (secondary N) is 1. The molecular weight excluding hydrogens is 491 g/mol. The largest absolute Gasteiger partial charge is 0.491 e. The molecule has 0 aliphatic rings. The molecule has 0 atom stereocenters. The molecule has 158 valence electrons. The summed E-state index contributed by atoms with van der Waals surface area (Å²) in [5.41, 5.74) is 8.83. The second-order valence-corrected chi connectivity index (χ2v) is 6.76. The summed E-state index contributed by atoms with van der Waals surface area (Å²) >= 11 is 0. The standard InChI is InChI=1S/C23H26N4O2.HI/c1-17(2)29-21-12-10-20(11-13-21)27-23(24)26-15-19-9-6-14-25-22(19)28-16-18-7-4-3-5-8-18;/h3-14,17H,15-16H2,1-2H3,(H3,24,26,27);1H. The van der Waals surface area contributed by atoms with Crippen LogP contribution in [0.25, 0.3) is 0 Å². The Balaban J connectivity index is 0.00000320. The van der Waals surface area contributed by atoms with E-state index in [4.69, 9.17) is 15.2 Å². The highest BCUT2D eigenvalue weighted by molar-refractivity contribution is 14.0. The summed E-state index contributed by atoms with van der Waals surface area (Å²) in [5.74, 6) is 1.69. The molecule has 0 unspecified atom stereocenters. The average Bonchev–Trinajstić information content (AvgIpc) is 2.73.